The minimum atomic E-state index is 0.152. The summed E-state index contributed by atoms with van der Waals surface area (Å²) in [7, 11) is 0. The Morgan fingerprint density at radius 3 is 2.31 bits per heavy atom. The van der Waals surface area contributed by atoms with Gasteiger partial charge in [0.15, 0.2) is 5.78 Å². The summed E-state index contributed by atoms with van der Waals surface area (Å²) >= 11 is 0. The van der Waals surface area contributed by atoms with Gasteiger partial charge < -0.3 is 19.9 Å². The van der Waals surface area contributed by atoms with Gasteiger partial charge in [0.2, 0.25) is 0 Å². The standard InChI is InChI=1S/C35H35N3O4/c36-35(27-15-17-37-18-16-27)33(29-7-13-32-28(23-29)8-14-34(32)40)24-38-30-9-3-25(4-10-30)26-5-11-31(12-6-26)42-22-2-21-41-20-1-19-39/h3-7,9-13,15-18,23-24,36,38-39H,1-2,8,14,19-22H2/b33-24-,36-35?. The summed E-state index contributed by atoms with van der Waals surface area (Å²) in [4.78, 5) is 16.2. The lowest BCUT2D eigenvalue weighted by Gasteiger charge is -2.13. The lowest BCUT2D eigenvalue weighted by atomic mass is 9.94. The Balaban J connectivity index is 1.25. The van der Waals surface area contributed by atoms with E-state index in [-0.39, 0.29) is 12.4 Å². The molecule has 0 bridgehead atoms. The van der Waals surface area contributed by atoms with Crippen molar-refractivity contribution in [3.05, 3.63) is 120 Å². The third-order valence-corrected chi connectivity index (χ3v) is 7.18. The van der Waals surface area contributed by atoms with Crippen LogP contribution in [0, 0.1) is 5.41 Å². The topological polar surface area (TPSA) is 105 Å². The summed E-state index contributed by atoms with van der Waals surface area (Å²) in [6, 6.07) is 25.7. The Morgan fingerprint density at radius 1 is 0.857 bits per heavy atom. The Bertz CT molecular complexity index is 1530. The number of anilines is 1. The van der Waals surface area contributed by atoms with E-state index in [0.717, 1.165) is 63.2 Å². The van der Waals surface area contributed by atoms with E-state index in [2.05, 4.69) is 22.4 Å². The molecular formula is C35H35N3O4. The summed E-state index contributed by atoms with van der Waals surface area (Å²) in [5.41, 5.74) is 7.67. The number of Topliss-reactive ketones (excluding diaryl/α,β-unsaturated/α-hetero) is 1. The summed E-state index contributed by atoms with van der Waals surface area (Å²) < 4.78 is 11.2. The second-order valence-corrected chi connectivity index (χ2v) is 10.1. The van der Waals surface area contributed by atoms with E-state index in [0.29, 0.717) is 38.4 Å². The van der Waals surface area contributed by atoms with Crippen molar-refractivity contribution < 1.29 is 19.4 Å². The van der Waals surface area contributed by atoms with Crippen LogP contribution in [0.25, 0.3) is 16.7 Å². The van der Waals surface area contributed by atoms with Crippen LogP contribution >= 0.6 is 0 Å². The van der Waals surface area contributed by atoms with Gasteiger partial charge in [-0.15, -0.1) is 0 Å². The number of benzene rings is 3. The van der Waals surface area contributed by atoms with Gasteiger partial charge >= 0.3 is 0 Å². The molecule has 3 N–H and O–H groups in total. The Kier molecular flexibility index (Phi) is 9.88. The van der Waals surface area contributed by atoms with Crippen molar-refractivity contribution in [3.8, 4) is 16.9 Å². The molecule has 0 spiro atoms. The third-order valence-electron chi connectivity index (χ3n) is 7.18. The highest BCUT2D eigenvalue weighted by Crippen LogP contribution is 2.29. The van der Waals surface area contributed by atoms with E-state index in [4.69, 9.17) is 20.0 Å². The number of aliphatic hydroxyl groups is 1. The number of pyridine rings is 1. The minimum Gasteiger partial charge on any atom is -0.494 e. The number of aromatic nitrogens is 1. The maximum absolute atomic E-state index is 12.2. The first-order valence-electron chi connectivity index (χ1n) is 14.3. The molecule has 0 unspecified atom stereocenters. The molecule has 0 saturated carbocycles. The van der Waals surface area contributed by atoms with Gasteiger partial charge in [-0.05, 0) is 71.5 Å². The molecule has 1 aliphatic rings. The largest absolute Gasteiger partial charge is 0.494 e. The number of aliphatic hydroxyl groups excluding tert-OH is 1. The number of rotatable bonds is 14. The van der Waals surface area contributed by atoms with Crippen molar-refractivity contribution in [1.82, 2.24) is 4.98 Å². The molecule has 1 heterocycles. The summed E-state index contributed by atoms with van der Waals surface area (Å²) in [6.45, 7) is 1.92. The highest BCUT2D eigenvalue weighted by Gasteiger charge is 2.21. The van der Waals surface area contributed by atoms with Crippen LogP contribution < -0.4 is 10.1 Å². The summed E-state index contributed by atoms with van der Waals surface area (Å²) in [6.07, 6.45) is 7.97. The van der Waals surface area contributed by atoms with E-state index < -0.39 is 0 Å². The van der Waals surface area contributed by atoms with Gasteiger partial charge in [-0.1, -0.05) is 42.5 Å². The molecule has 0 amide bonds. The second kappa shape index (κ2) is 14.3. The van der Waals surface area contributed by atoms with Crippen molar-refractivity contribution in [2.24, 2.45) is 0 Å². The van der Waals surface area contributed by atoms with Gasteiger partial charge in [0.25, 0.3) is 0 Å². The van der Waals surface area contributed by atoms with Crippen LogP contribution in [0.2, 0.25) is 0 Å². The number of nitrogens with zero attached hydrogens (tertiary/aromatic N) is 1. The number of fused-ring (bicyclic) bond motifs is 1. The fraction of sp³-hybridized carbons (Fsp3) is 0.229. The fourth-order valence-corrected chi connectivity index (χ4v) is 4.87. The average Bonchev–Trinajstić information content (AvgIpc) is 3.41. The molecule has 3 aromatic carbocycles. The molecule has 7 heteroatoms. The van der Waals surface area contributed by atoms with Crippen molar-refractivity contribution in [2.75, 3.05) is 31.7 Å². The van der Waals surface area contributed by atoms with Gasteiger partial charge in [-0.3, -0.25) is 15.2 Å². The SMILES string of the molecule is N=C(/C(=C\Nc1ccc(-c2ccc(OCCCOCCCO)cc2)cc1)c1ccc2c(c1)CCC2=O)c1ccncc1. The number of ketones is 1. The predicted octanol–water partition coefficient (Wildman–Crippen LogP) is 6.57. The molecule has 1 aliphatic carbocycles. The highest BCUT2D eigenvalue weighted by molar-refractivity contribution is 6.30. The lowest BCUT2D eigenvalue weighted by Crippen LogP contribution is -2.06. The normalized spacial score (nSPS) is 12.7. The number of hydrogen-bond acceptors (Lipinski definition) is 7. The third kappa shape index (κ3) is 7.37. The zero-order valence-electron chi connectivity index (χ0n) is 23.5. The van der Waals surface area contributed by atoms with Crippen molar-refractivity contribution >= 4 is 22.8 Å². The highest BCUT2D eigenvalue weighted by atomic mass is 16.5. The molecule has 1 aromatic heterocycles. The molecule has 42 heavy (non-hydrogen) atoms. The van der Waals surface area contributed by atoms with Crippen molar-refractivity contribution in [2.45, 2.75) is 25.7 Å². The van der Waals surface area contributed by atoms with Gasteiger partial charge in [0, 0.05) is 73.6 Å². The first-order chi connectivity index (χ1) is 20.6. The van der Waals surface area contributed by atoms with Crippen LogP contribution in [-0.2, 0) is 11.2 Å². The van der Waals surface area contributed by atoms with Crippen molar-refractivity contribution in [3.63, 3.8) is 0 Å². The smallest absolute Gasteiger partial charge is 0.163 e. The first kappa shape index (κ1) is 28.9. The number of carbonyl (C=O) groups is 1. The van der Waals surface area contributed by atoms with Crippen LogP contribution in [-0.4, -0.2) is 48.0 Å². The van der Waals surface area contributed by atoms with Gasteiger partial charge in [0.05, 0.1) is 12.3 Å². The molecule has 0 fully saturated rings. The predicted molar refractivity (Wildman–Crippen MR) is 166 cm³/mol. The Hall–Kier alpha value is -4.59. The maximum Gasteiger partial charge on any atom is 0.163 e. The van der Waals surface area contributed by atoms with Crippen LogP contribution in [0.3, 0.4) is 0 Å². The zero-order valence-corrected chi connectivity index (χ0v) is 23.5. The van der Waals surface area contributed by atoms with E-state index >= 15 is 0 Å². The molecule has 0 radical (unpaired) electrons. The molecule has 4 aromatic rings. The quantitative estimate of drug-likeness (QED) is 0.119. The molecule has 5 rings (SSSR count). The molecule has 214 valence electrons. The number of aryl methyl sites for hydroxylation is 1. The van der Waals surface area contributed by atoms with Crippen LogP contribution in [0.5, 0.6) is 5.75 Å². The molecule has 0 aliphatic heterocycles. The Labute approximate surface area is 246 Å². The second-order valence-electron chi connectivity index (χ2n) is 10.1. The van der Waals surface area contributed by atoms with E-state index in [1.165, 1.54) is 0 Å². The fourth-order valence-electron chi connectivity index (χ4n) is 4.87. The molecular weight excluding hydrogens is 526 g/mol. The number of nitrogens with one attached hydrogen (secondary N) is 2. The van der Waals surface area contributed by atoms with Gasteiger partial charge in [-0.25, -0.2) is 0 Å². The number of allylic oxidation sites excluding steroid dienone is 1. The summed E-state index contributed by atoms with van der Waals surface area (Å²) in [5, 5.41) is 21.1. The average molecular weight is 562 g/mol. The zero-order chi connectivity index (χ0) is 29.1. The Morgan fingerprint density at radius 2 is 1.57 bits per heavy atom. The molecule has 0 atom stereocenters. The maximum atomic E-state index is 12.2. The van der Waals surface area contributed by atoms with Crippen LogP contribution in [0.15, 0.2) is 97.5 Å². The van der Waals surface area contributed by atoms with E-state index in [9.17, 15) is 4.79 Å². The van der Waals surface area contributed by atoms with Crippen LogP contribution in [0.1, 0.15) is 46.3 Å². The minimum absolute atomic E-state index is 0.152. The number of hydrogen-bond donors (Lipinski definition) is 3. The van der Waals surface area contributed by atoms with Crippen LogP contribution in [0.4, 0.5) is 5.69 Å². The number of carbonyl (C=O) groups excluding carboxylic acids is 1. The van der Waals surface area contributed by atoms with E-state index in [1.54, 1.807) is 12.4 Å². The van der Waals surface area contributed by atoms with E-state index in [1.807, 2.05) is 72.9 Å². The van der Waals surface area contributed by atoms with Crippen molar-refractivity contribution in [1.29, 1.82) is 5.41 Å². The monoisotopic (exact) mass is 561 g/mol. The first-order valence-corrected chi connectivity index (χ1v) is 14.3. The molecule has 0 saturated heterocycles. The van der Waals surface area contributed by atoms with Gasteiger partial charge in [-0.2, -0.15) is 0 Å². The lowest BCUT2D eigenvalue weighted by molar-refractivity contribution is 0.0994. The van der Waals surface area contributed by atoms with Gasteiger partial charge in [0.1, 0.15) is 5.75 Å². The molecule has 7 nitrogen and oxygen atoms in total. The number of ether oxygens (including phenoxy) is 2. The summed E-state index contributed by atoms with van der Waals surface area (Å²) in [5.74, 6) is 1.00.